The second-order valence-corrected chi connectivity index (χ2v) is 7.86. The van der Waals surface area contributed by atoms with Gasteiger partial charge in [-0.2, -0.15) is 0 Å². The number of hydrogen-bond donors (Lipinski definition) is 0. The van der Waals surface area contributed by atoms with Crippen molar-refractivity contribution in [3.05, 3.63) is 22.3 Å². The highest BCUT2D eigenvalue weighted by Crippen LogP contribution is 2.47. The Labute approximate surface area is 139 Å². The van der Waals surface area contributed by atoms with E-state index in [1.54, 1.807) is 7.11 Å². The molecular formula is C19H28O4. The summed E-state index contributed by atoms with van der Waals surface area (Å²) in [5.41, 5.74) is 2.20. The van der Waals surface area contributed by atoms with E-state index in [0.717, 1.165) is 17.4 Å². The van der Waals surface area contributed by atoms with E-state index < -0.39 is 5.97 Å². The highest BCUT2D eigenvalue weighted by molar-refractivity contribution is 5.87. The second kappa shape index (κ2) is 6.34. The minimum Gasteiger partial charge on any atom is -0.496 e. The van der Waals surface area contributed by atoms with Gasteiger partial charge >= 0.3 is 5.97 Å². The second-order valence-electron chi connectivity index (χ2n) is 7.86. The van der Waals surface area contributed by atoms with Crippen molar-refractivity contribution in [1.29, 1.82) is 0 Å². The van der Waals surface area contributed by atoms with Gasteiger partial charge < -0.3 is 9.47 Å². The first-order valence-electron chi connectivity index (χ1n) is 7.75. The van der Waals surface area contributed by atoms with E-state index in [-0.39, 0.29) is 10.8 Å². The Kier molecular flexibility index (Phi) is 5.30. The Hall–Kier alpha value is -1.84. The predicted octanol–water partition coefficient (Wildman–Crippen LogP) is 4.34. The lowest BCUT2D eigenvalue weighted by atomic mass is 9.75. The first-order valence-corrected chi connectivity index (χ1v) is 7.75. The van der Waals surface area contributed by atoms with Gasteiger partial charge in [0, 0.05) is 18.1 Å². The summed E-state index contributed by atoms with van der Waals surface area (Å²) < 4.78 is 11.1. The molecule has 23 heavy (non-hydrogen) atoms. The predicted molar refractivity (Wildman–Crippen MR) is 91.8 cm³/mol. The van der Waals surface area contributed by atoms with E-state index in [4.69, 9.17) is 9.47 Å². The molecule has 1 aromatic carbocycles. The Morgan fingerprint density at radius 3 is 1.74 bits per heavy atom. The first kappa shape index (κ1) is 19.2. The SMILES string of the molecule is COc1c(C)c(C(C)(C)C)c(OC(C)=O)c(C(C)(C)C)c1C=O. The number of methoxy groups -OCH3 is 1. The molecule has 1 rings (SSSR count). The van der Waals surface area contributed by atoms with Gasteiger partial charge in [0.05, 0.1) is 12.7 Å². The Balaban J connectivity index is 4.12. The van der Waals surface area contributed by atoms with Gasteiger partial charge in [-0.05, 0) is 23.3 Å². The van der Waals surface area contributed by atoms with Crippen LogP contribution in [0.4, 0.5) is 0 Å². The summed E-state index contributed by atoms with van der Waals surface area (Å²) in [7, 11) is 1.56. The van der Waals surface area contributed by atoms with Gasteiger partial charge in [-0.15, -0.1) is 0 Å². The van der Waals surface area contributed by atoms with Crippen molar-refractivity contribution in [2.24, 2.45) is 0 Å². The highest BCUT2D eigenvalue weighted by atomic mass is 16.5. The molecule has 4 heteroatoms. The largest absolute Gasteiger partial charge is 0.496 e. The molecule has 0 unspecified atom stereocenters. The van der Waals surface area contributed by atoms with E-state index in [1.165, 1.54) is 6.92 Å². The van der Waals surface area contributed by atoms with Crippen LogP contribution in [-0.4, -0.2) is 19.4 Å². The van der Waals surface area contributed by atoms with Crippen molar-refractivity contribution < 1.29 is 19.1 Å². The number of benzene rings is 1. The third-order valence-corrected chi connectivity index (χ3v) is 3.75. The van der Waals surface area contributed by atoms with Crippen molar-refractivity contribution in [3.8, 4) is 11.5 Å². The normalized spacial score (nSPS) is 12.0. The zero-order valence-electron chi connectivity index (χ0n) is 15.7. The molecule has 0 saturated carbocycles. The Bertz CT molecular complexity index is 628. The summed E-state index contributed by atoms with van der Waals surface area (Å²) in [6.07, 6.45) is 0.784. The maximum absolute atomic E-state index is 11.8. The number of rotatable bonds is 3. The molecule has 0 atom stereocenters. The van der Waals surface area contributed by atoms with Gasteiger partial charge in [-0.1, -0.05) is 41.5 Å². The number of aldehydes is 1. The molecule has 0 N–H and O–H groups in total. The van der Waals surface area contributed by atoms with Gasteiger partial charge in [0.1, 0.15) is 11.5 Å². The fourth-order valence-corrected chi connectivity index (χ4v) is 3.12. The third-order valence-electron chi connectivity index (χ3n) is 3.75. The quantitative estimate of drug-likeness (QED) is 0.472. The highest BCUT2D eigenvalue weighted by Gasteiger charge is 2.35. The van der Waals surface area contributed by atoms with Crippen molar-refractivity contribution in [2.45, 2.75) is 66.2 Å². The minimum atomic E-state index is -0.401. The molecule has 0 heterocycles. The zero-order chi connectivity index (χ0) is 18.2. The first-order chi connectivity index (χ1) is 10.4. The van der Waals surface area contributed by atoms with Crippen molar-refractivity contribution in [1.82, 2.24) is 0 Å². The number of hydrogen-bond acceptors (Lipinski definition) is 4. The van der Waals surface area contributed by atoms with Crippen LogP contribution in [0.5, 0.6) is 11.5 Å². The van der Waals surface area contributed by atoms with Crippen molar-refractivity contribution in [3.63, 3.8) is 0 Å². The molecule has 0 aromatic heterocycles. The third kappa shape index (κ3) is 3.74. The zero-order valence-corrected chi connectivity index (χ0v) is 15.7. The summed E-state index contributed by atoms with van der Waals surface area (Å²) >= 11 is 0. The molecule has 0 aliphatic rings. The topological polar surface area (TPSA) is 52.6 Å². The summed E-state index contributed by atoms with van der Waals surface area (Å²) in [5, 5.41) is 0. The average molecular weight is 320 g/mol. The van der Waals surface area contributed by atoms with Gasteiger partial charge in [0.15, 0.2) is 6.29 Å². The van der Waals surface area contributed by atoms with Crippen LogP contribution in [-0.2, 0) is 15.6 Å². The van der Waals surface area contributed by atoms with Crippen LogP contribution in [0.25, 0.3) is 0 Å². The molecule has 0 radical (unpaired) electrons. The lowest BCUT2D eigenvalue weighted by Gasteiger charge is -2.33. The van der Waals surface area contributed by atoms with Gasteiger partial charge in [-0.3, -0.25) is 9.59 Å². The van der Waals surface area contributed by atoms with Crippen LogP contribution >= 0.6 is 0 Å². The fourth-order valence-electron chi connectivity index (χ4n) is 3.12. The monoisotopic (exact) mass is 320 g/mol. The van der Waals surface area contributed by atoms with Crippen LogP contribution < -0.4 is 9.47 Å². The lowest BCUT2D eigenvalue weighted by molar-refractivity contribution is -0.132. The Morgan fingerprint density at radius 1 is 0.957 bits per heavy atom. The molecule has 1 aromatic rings. The fraction of sp³-hybridized carbons (Fsp3) is 0.579. The van der Waals surface area contributed by atoms with Gasteiger partial charge in [0.25, 0.3) is 0 Å². The van der Waals surface area contributed by atoms with E-state index in [0.29, 0.717) is 22.6 Å². The van der Waals surface area contributed by atoms with Crippen LogP contribution in [0.3, 0.4) is 0 Å². The summed E-state index contributed by atoms with van der Waals surface area (Å²) in [6.45, 7) is 15.4. The molecule has 0 aliphatic carbocycles. The molecule has 0 spiro atoms. The molecule has 4 nitrogen and oxygen atoms in total. The summed E-state index contributed by atoms with van der Waals surface area (Å²) in [6, 6.07) is 0. The van der Waals surface area contributed by atoms with Crippen molar-refractivity contribution in [2.75, 3.05) is 7.11 Å². The van der Waals surface area contributed by atoms with Crippen LogP contribution in [0.15, 0.2) is 0 Å². The van der Waals surface area contributed by atoms with Crippen LogP contribution in [0.1, 0.15) is 75.5 Å². The van der Waals surface area contributed by atoms with Gasteiger partial charge in [-0.25, -0.2) is 0 Å². The van der Waals surface area contributed by atoms with Crippen molar-refractivity contribution >= 4 is 12.3 Å². The van der Waals surface area contributed by atoms with E-state index in [9.17, 15) is 9.59 Å². The molecule has 128 valence electrons. The van der Waals surface area contributed by atoms with Crippen LogP contribution in [0, 0.1) is 6.92 Å². The van der Waals surface area contributed by atoms with E-state index >= 15 is 0 Å². The lowest BCUT2D eigenvalue weighted by Crippen LogP contribution is -2.24. The molecular weight excluding hydrogens is 292 g/mol. The molecule has 0 saturated heterocycles. The number of esters is 1. The molecule has 0 bridgehead atoms. The average Bonchev–Trinajstić information content (AvgIpc) is 2.33. The van der Waals surface area contributed by atoms with E-state index in [2.05, 4.69) is 20.8 Å². The number of carbonyl (C=O) groups is 2. The maximum atomic E-state index is 11.8. The number of ether oxygens (including phenoxy) is 2. The molecule has 0 aliphatic heterocycles. The summed E-state index contributed by atoms with van der Waals surface area (Å²) in [4.78, 5) is 23.5. The molecule has 0 amide bonds. The minimum absolute atomic E-state index is 0.274. The maximum Gasteiger partial charge on any atom is 0.308 e. The standard InChI is InChI=1S/C19H28O4/c1-11-14(18(3,4)5)17(23-12(2)21)15(19(6,7)8)13(10-20)16(11)22-9/h10H,1-9H3. The summed E-state index contributed by atoms with van der Waals surface area (Å²) in [5.74, 6) is 0.631. The number of carbonyl (C=O) groups excluding carboxylic acids is 2. The Morgan fingerprint density at radius 2 is 1.43 bits per heavy atom. The molecule has 0 fully saturated rings. The van der Waals surface area contributed by atoms with E-state index in [1.807, 2.05) is 27.7 Å². The smallest absolute Gasteiger partial charge is 0.308 e. The van der Waals surface area contributed by atoms with Crippen LogP contribution in [0.2, 0.25) is 0 Å². The van der Waals surface area contributed by atoms with Gasteiger partial charge in [0.2, 0.25) is 0 Å².